The molecule has 0 bridgehead atoms. The van der Waals surface area contributed by atoms with Crippen molar-refractivity contribution < 1.29 is 4.79 Å². The second-order valence-corrected chi connectivity index (χ2v) is 4.64. The molecule has 1 aliphatic heterocycles. The van der Waals surface area contributed by atoms with Crippen molar-refractivity contribution >= 4 is 28.7 Å². The van der Waals surface area contributed by atoms with Crippen molar-refractivity contribution in [1.29, 1.82) is 5.26 Å². The summed E-state index contributed by atoms with van der Waals surface area (Å²) in [5.74, 6) is 0.00291. The van der Waals surface area contributed by atoms with Crippen LogP contribution in [-0.2, 0) is 11.2 Å². The Labute approximate surface area is 116 Å². The number of hydrogen-bond acceptors (Lipinski definition) is 4. The molecule has 5 heteroatoms. The molecule has 0 aliphatic carbocycles. The summed E-state index contributed by atoms with van der Waals surface area (Å²) in [5.41, 5.74) is 10.3. The van der Waals surface area contributed by atoms with Crippen molar-refractivity contribution in [3.63, 3.8) is 0 Å². The molecule has 0 spiro atoms. The molecule has 4 N–H and O–H groups in total. The van der Waals surface area contributed by atoms with Gasteiger partial charge in [-0.15, -0.1) is 0 Å². The molecule has 0 saturated carbocycles. The maximum Gasteiger partial charge on any atom is 0.228 e. The number of fused-ring (bicyclic) bond motifs is 1. The maximum absolute atomic E-state index is 11.3. The fourth-order valence-electron chi connectivity index (χ4n) is 2.20. The Hall–Kier alpha value is -3.00. The second-order valence-electron chi connectivity index (χ2n) is 4.64. The maximum atomic E-state index is 11.3. The first kappa shape index (κ1) is 12.1. The van der Waals surface area contributed by atoms with Crippen LogP contribution in [0.15, 0.2) is 36.4 Å². The van der Waals surface area contributed by atoms with Gasteiger partial charge in [-0.1, -0.05) is 0 Å². The number of nitriles is 1. The molecular formula is C15H12N4O. The molecule has 20 heavy (non-hydrogen) atoms. The quantitative estimate of drug-likeness (QED) is 0.726. The first-order chi connectivity index (χ1) is 9.65. The number of anilines is 4. The van der Waals surface area contributed by atoms with E-state index in [2.05, 4.69) is 16.7 Å². The number of nitrogen functional groups attached to an aromatic ring is 1. The standard InChI is InChI=1S/C15H12N4O/c16-8-9-1-3-12(17)14(5-9)18-11-2-4-13-10(6-11)7-15(20)19-13/h1-6,18H,7,17H2,(H,19,20). The number of amides is 1. The van der Waals surface area contributed by atoms with Crippen molar-refractivity contribution in [2.45, 2.75) is 6.42 Å². The van der Waals surface area contributed by atoms with Crippen molar-refractivity contribution in [2.75, 3.05) is 16.4 Å². The molecule has 2 aromatic carbocycles. The molecule has 98 valence electrons. The van der Waals surface area contributed by atoms with Gasteiger partial charge in [-0.3, -0.25) is 4.79 Å². The Morgan fingerprint density at radius 2 is 2.10 bits per heavy atom. The fourth-order valence-corrected chi connectivity index (χ4v) is 2.20. The van der Waals surface area contributed by atoms with Gasteiger partial charge in [0.05, 0.1) is 29.4 Å². The van der Waals surface area contributed by atoms with Crippen LogP contribution in [0.25, 0.3) is 0 Å². The van der Waals surface area contributed by atoms with Gasteiger partial charge in [-0.05, 0) is 42.0 Å². The number of nitrogens with one attached hydrogen (secondary N) is 2. The number of rotatable bonds is 2. The third-order valence-corrected chi connectivity index (χ3v) is 3.19. The number of nitrogens with two attached hydrogens (primary N) is 1. The number of carbonyl (C=O) groups excluding carboxylic acids is 1. The number of carbonyl (C=O) groups is 1. The van der Waals surface area contributed by atoms with Crippen molar-refractivity contribution in [2.24, 2.45) is 0 Å². The van der Waals surface area contributed by atoms with Crippen LogP contribution in [0, 0.1) is 11.3 Å². The van der Waals surface area contributed by atoms with E-state index in [-0.39, 0.29) is 5.91 Å². The highest BCUT2D eigenvalue weighted by Gasteiger charge is 2.17. The first-order valence-electron chi connectivity index (χ1n) is 6.15. The van der Waals surface area contributed by atoms with Crippen molar-refractivity contribution in [3.8, 4) is 6.07 Å². The summed E-state index contributed by atoms with van der Waals surface area (Å²) in [6.07, 6.45) is 0.387. The summed E-state index contributed by atoms with van der Waals surface area (Å²) >= 11 is 0. The van der Waals surface area contributed by atoms with Gasteiger partial charge in [0.1, 0.15) is 0 Å². The second kappa shape index (κ2) is 4.59. The third kappa shape index (κ3) is 2.15. The zero-order valence-electron chi connectivity index (χ0n) is 10.6. The lowest BCUT2D eigenvalue weighted by Crippen LogP contribution is -2.03. The molecule has 5 nitrogen and oxygen atoms in total. The minimum Gasteiger partial charge on any atom is -0.397 e. The van der Waals surface area contributed by atoms with E-state index in [1.165, 1.54) is 0 Å². The Morgan fingerprint density at radius 3 is 2.90 bits per heavy atom. The SMILES string of the molecule is N#Cc1ccc(N)c(Nc2ccc3c(c2)CC(=O)N3)c1. The van der Waals surface area contributed by atoms with Gasteiger partial charge in [0, 0.05) is 11.4 Å². The minimum absolute atomic E-state index is 0.00291. The lowest BCUT2D eigenvalue weighted by molar-refractivity contribution is -0.115. The van der Waals surface area contributed by atoms with E-state index < -0.39 is 0 Å². The van der Waals surface area contributed by atoms with Gasteiger partial charge in [-0.25, -0.2) is 0 Å². The summed E-state index contributed by atoms with van der Waals surface area (Å²) in [6, 6.07) is 12.8. The minimum atomic E-state index is 0.00291. The van der Waals surface area contributed by atoms with Gasteiger partial charge >= 0.3 is 0 Å². The monoisotopic (exact) mass is 264 g/mol. The molecule has 1 amide bonds. The van der Waals surface area contributed by atoms with E-state index in [1.54, 1.807) is 18.2 Å². The lowest BCUT2D eigenvalue weighted by atomic mass is 10.1. The van der Waals surface area contributed by atoms with Crippen LogP contribution in [0.1, 0.15) is 11.1 Å². The summed E-state index contributed by atoms with van der Waals surface area (Å²) in [6.45, 7) is 0. The predicted molar refractivity (Wildman–Crippen MR) is 77.6 cm³/mol. The molecule has 0 saturated heterocycles. The average Bonchev–Trinajstić information content (AvgIpc) is 2.80. The molecule has 0 aromatic heterocycles. The van der Waals surface area contributed by atoms with Crippen molar-refractivity contribution in [1.82, 2.24) is 0 Å². The molecular weight excluding hydrogens is 252 g/mol. The molecule has 0 radical (unpaired) electrons. The molecule has 0 unspecified atom stereocenters. The molecule has 3 rings (SSSR count). The van der Waals surface area contributed by atoms with Crippen LogP contribution in [0.2, 0.25) is 0 Å². The van der Waals surface area contributed by atoms with Crippen LogP contribution in [0.5, 0.6) is 0 Å². The van der Waals surface area contributed by atoms with E-state index in [4.69, 9.17) is 11.0 Å². The number of hydrogen-bond donors (Lipinski definition) is 3. The predicted octanol–water partition coefficient (Wildman–Crippen LogP) is 2.38. The zero-order valence-corrected chi connectivity index (χ0v) is 10.6. The highest BCUT2D eigenvalue weighted by Crippen LogP contribution is 2.29. The molecule has 2 aromatic rings. The summed E-state index contributed by atoms with van der Waals surface area (Å²) in [5, 5.41) is 14.9. The molecule has 1 aliphatic rings. The van der Waals surface area contributed by atoms with Gasteiger partial charge in [0.2, 0.25) is 5.91 Å². The van der Waals surface area contributed by atoms with E-state index in [1.807, 2.05) is 18.2 Å². The highest BCUT2D eigenvalue weighted by molar-refractivity contribution is 5.99. The Bertz CT molecular complexity index is 746. The van der Waals surface area contributed by atoms with Gasteiger partial charge in [0.25, 0.3) is 0 Å². The average molecular weight is 264 g/mol. The number of benzene rings is 2. The van der Waals surface area contributed by atoms with Crippen LogP contribution in [0.4, 0.5) is 22.7 Å². The summed E-state index contributed by atoms with van der Waals surface area (Å²) in [7, 11) is 0. The van der Waals surface area contributed by atoms with Crippen LogP contribution in [-0.4, -0.2) is 5.91 Å². The van der Waals surface area contributed by atoms with Gasteiger partial charge in [-0.2, -0.15) is 5.26 Å². The smallest absolute Gasteiger partial charge is 0.228 e. The largest absolute Gasteiger partial charge is 0.397 e. The van der Waals surface area contributed by atoms with Crippen molar-refractivity contribution in [3.05, 3.63) is 47.5 Å². The Balaban J connectivity index is 1.91. The van der Waals surface area contributed by atoms with Crippen LogP contribution < -0.4 is 16.4 Å². The molecule has 1 heterocycles. The number of nitrogens with zero attached hydrogens (tertiary/aromatic N) is 1. The first-order valence-corrected chi connectivity index (χ1v) is 6.15. The van der Waals surface area contributed by atoms with E-state index >= 15 is 0 Å². The van der Waals surface area contributed by atoms with Gasteiger partial charge < -0.3 is 16.4 Å². The van der Waals surface area contributed by atoms with Crippen LogP contribution in [0.3, 0.4) is 0 Å². The molecule has 0 fully saturated rings. The summed E-state index contributed by atoms with van der Waals surface area (Å²) < 4.78 is 0. The normalized spacial score (nSPS) is 12.4. The topological polar surface area (TPSA) is 90.9 Å². The Morgan fingerprint density at radius 1 is 1.25 bits per heavy atom. The highest BCUT2D eigenvalue weighted by atomic mass is 16.1. The lowest BCUT2D eigenvalue weighted by Gasteiger charge is -2.10. The van der Waals surface area contributed by atoms with E-state index in [0.29, 0.717) is 23.4 Å². The zero-order chi connectivity index (χ0) is 14.1. The molecule has 0 atom stereocenters. The van der Waals surface area contributed by atoms with Gasteiger partial charge in [0.15, 0.2) is 0 Å². The Kier molecular flexibility index (Phi) is 2.77. The van der Waals surface area contributed by atoms with Crippen LogP contribution >= 0.6 is 0 Å². The fraction of sp³-hybridized carbons (Fsp3) is 0.0667. The van der Waals surface area contributed by atoms with E-state index in [9.17, 15) is 4.79 Å². The van der Waals surface area contributed by atoms with E-state index in [0.717, 1.165) is 16.9 Å². The summed E-state index contributed by atoms with van der Waals surface area (Å²) in [4.78, 5) is 11.3. The third-order valence-electron chi connectivity index (χ3n) is 3.19.